The van der Waals surface area contributed by atoms with Crippen LogP contribution in [0.2, 0.25) is 0 Å². The predicted octanol–water partition coefficient (Wildman–Crippen LogP) is 4.47. The number of ether oxygens (including phenoxy) is 1. The van der Waals surface area contributed by atoms with Crippen LogP contribution in [0.5, 0.6) is 0 Å². The minimum Gasteiger partial charge on any atom is -0.373 e. The Kier molecular flexibility index (Phi) is 7.00. The molecule has 3 rings (SSSR count). The first-order valence-electron chi connectivity index (χ1n) is 10.9. The van der Waals surface area contributed by atoms with Gasteiger partial charge in [0.05, 0.1) is 12.2 Å². The Balaban J connectivity index is 1.52. The standard InChI is InChI=1S/C23H37N3O2/c1-16(2)21-8-6-7-17(3)22(21)24-23(27)26-11-9-20(10-12-26)15-25-13-18(4)28-19(5)14-25/h6-8,16,18-20H,9-15H2,1-5H3,(H,24,27). The van der Waals surface area contributed by atoms with E-state index in [1.165, 1.54) is 5.56 Å². The number of aryl methyl sites for hydroxylation is 1. The van der Waals surface area contributed by atoms with E-state index in [0.717, 1.165) is 56.8 Å². The third kappa shape index (κ3) is 5.26. The molecule has 2 atom stereocenters. The van der Waals surface area contributed by atoms with Crippen LogP contribution < -0.4 is 5.32 Å². The normalized spacial score (nSPS) is 24.6. The average Bonchev–Trinajstić information content (AvgIpc) is 2.63. The topological polar surface area (TPSA) is 44.8 Å². The van der Waals surface area contributed by atoms with Crippen LogP contribution in [0.25, 0.3) is 0 Å². The van der Waals surface area contributed by atoms with Gasteiger partial charge in [0.15, 0.2) is 0 Å². The summed E-state index contributed by atoms with van der Waals surface area (Å²) < 4.78 is 5.84. The molecule has 0 aliphatic carbocycles. The molecule has 156 valence electrons. The van der Waals surface area contributed by atoms with E-state index in [1.54, 1.807) is 0 Å². The van der Waals surface area contributed by atoms with Crippen LogP contribution in [0.1, 0.15) is 57.6 Å². The summed E-state index contributed by atoms with van der Waals surface area (Å²) in [6.07, 6.45) is 2.80. The van der Waals surface area contributed by atoms with Crippen LogP contribution in [0, 0.1) is 12.8 Å². The van der Waals surface area contributed by atoms with Crippen molar-refractivity contribution in [3.8, 4) is 0 Å². The average molecular weight is 388 g/mol. The highest BCUT2D eigenvalue weighted by Crippen LogP contribution is 2.28. The maximum Gasteiger partial charge on any atom is 0.321 e. The number of nitrogens with one attached hydrogen (secondary N) is 1. The van der Waals surface area contributed by atoms with Crippen LogP contribution in [-0.4, -0.2) is 60.8 Å². The Labute approximate surface area is 170 Å². The van der Waals surface area contributed by atoms with Crippen molar-refractivity contribution in [2.75, 3.05) is 38.0 Å². The maximum atomic E-state index is 12.9. The summed E-state index contributed by atoms with van der Waals surface area (Å²) in [5, 5.41) is 3.20. The number of benzene rings is 1. The zero-order valence-electron chi connectivity index (χ0n) is 18.2. The van der Waals surface area contributed by atoms with Gasteiger partial charge in [0, 0.05) is 38.4 Å². The molecular weight excluding hydrogens is 350 g/mol. The molecule has 5 nitrogen and oxygen atoms in total. The number of rotatable bonds is 4. The fourth-order valence-corrected chi connectivity index (χ4v) is 4.65. The molecule has 5 heteroatoms. The summed E-state index contributed by atoms with van der Waals surface area (Å²) in [4.78, 5) is 17.4. The number of likely N-dealkylation sites (tertiary alicyclic amines) is 1. The quantitative estimate of drug-likeness (QED) is 0.829. The molecule has 2 fully saturated rings. The summed E-state index contributed by atoms with van der Waals surface area (Å²) in [6, 6.07) is 6.30. The number of urea groups is 1. The van der Waals surface area contributed by atoms with Gasteiger partial charge >= 0.3 is 6.03 Å². The molecule has 0 spiro atoms. The molecule has 0 bridgehead atoms. The number of carbonyl (C=O) groups is 1. The first-order valence-corrected chi connectivity index (χ1v) is 10.9. The summed E-state index contributed by atoms with van der Waals surface area (Å²) >= 11 is 0. The monoisotopic (exact) mass is 387 g/mol. The molecule has 1 N–H and O–H groups in total. The fourth-order valence-electron chi connectivity index (χ4n) is 4.65. The van der Waals surface area contributed by atoms with E-state index in [1.807, 2.05) is 4.90 Å². The molecule has 0 aromatic heterocycles. The summed E-state index contributed by atoms with van der Waals surface area (Å²) in [5.74, 6) is 1.06. The summed E-state index contributed by atoms with van der Waals surface area (Å²) in [7, 11) is 0. The SMILES string of the molecule is Cc1cccc(C(C)C)c1NC(=O)N1CCC(CN2CC(C)OC(C)C2)CC1. The van der Waals surface area contributed by atoms with Crippen molar-refractivity contribution in [1.29, 1.82) is 0 Å². The highest BCUT2D eigenvalue weighted by atomic mass is 16.5. The predicted molar refractivity (Wildman–Crippen MR) is 115 cm³/mol. The molecule has 2 amide bonds. The smallest absolute Gasteiger partial charge is 0.321 e. The first kappa shape index (κ1) is 21.1. The van der Waals surface area contributed by atoms with Gasteiger partial charge in [-0.3, -0.25) is 4.90 Å². The molecule has 2 saturated heterocycles. The van der Waals surface area contributed by atoms with Gasteiger partial charge < -0.3 is 15.0 Å². The lowest BCUT2D eigenvalue weighted by molar-refractivity contribution is -0.0728. The van der Waals surface area contributed by atoms with Crippen molar-refractivity contribution in [3.63, 3.8) is 0 Å². The summed E-state index contributed by atoms with van der Waals surface area (Å²) in [5.41, 5.74) is 3.32. The number of morpholine rings is 1. The number of nitrogens with zero attached hydrogens (tertiary/aromatic N) is 2. The second-order valence-corrected chi connectivity index (χ2v) is 9.03. The zero-order valence-corrected chi connectivity index (χ0v) is 18.2. The maximum absolute atomic E-state index is 12.9. The van der Waals surface area contributed by atoms with Crippen molar-refractivity contribution in [3.05, 3.63) is 29.3 Å². The van der Waals surface area contributed by atoms with Gasteiger partial charge in [-0.25, -0.2) is 4.79 Å². The van der Waals surface area contributed by atoms with Gasteiger partial charge in [-0.05, 0) is 56.6 Å². The fraction of sp³-hybridized carbons (Fsp3) is 0.696. The van der Waals surface area contributed by atoms with Crippen LogP contribution in [0.4, 0.5) is 10.5 Å². The Morgan fingerprint density at radius 1 is 1.18 bits per heavy atom. The van der Waals surface area contributed by atoms with E-state index in [-0.39, 0.29) is 6.03 Å². The van der Waals surface area contributed by atoms with Crippen molar-refractivity contribution in [2.45, 2.75) is 65.6 Å². The second kappa shape index (κ2) is 9.27. The lowest BCUT2D eigenvalue weighted by Gasteiger charge is -2.39. The van der Waals surface area contributed by atoms with Crippen molar-refractivity contribution < 1.29 is 9.53 Å². The lowest BCUT2D eigenvalue weighted by atomic mass is 9.95. The van der Waals surface area contributed by atoms with Gasteiger partial charge in [0.2, 0.25) is 0 Å². The van der Waals surface area contributed by atoms with Crippen LogP contribution in [-0.2, 0) is 4.74 Å². The van der Waals surface area contributed by atoms with Crippen molar-refractivity contribution in [1.82, 2.24) is 9.80 Å². The zero-order chi connectivity index (χ0) is 20.3. The highest BCUT2D eigenvalue weighted by molar-refractivity contribution is 5.91. The van der Waals surface area contributed by atoms with E-state index in [2.05, 4.69) is 63.0 Å². The minimum absolute atomic E-state index is 0.0447. The number of carbonyl (C=O) groups excluding carboxylic acids is 1. The second-order valence-electron chi connectivity index (χ2n) is 9.03. The van der Waals surface area contributed by atoms with E-state index < -0.39 is 0 Å². The third-order valence-corrected chi connectivity index (χ3v) is 6.07. The van der Waals surface area contributed by atoms with Gasteiger partial charge in [0.25, 0.3) is 0 Å². The number of hydrogen-bond acceptors (Lipinski definition) is 3. The van der Waals surface area contributed by atoms with E-state index >= 15 is 0 Å². The Hall–Kier alpha value is -1.59. The molecule has 2 heterocycles. The van der Waals surface area contributed by atoms with Crippen LogP contribution >= 0.6 is 0 Å². The van der Waals surface area contributed by atoms with Crippen molar-refractivity contribution >= 4 is 11.7 Å². The molecule has 0 radical (unpaired) electrons. The highest BCUT2D eigenvalue weighted by Gasteiger charge is 2.28. The van der Waals surface area contributed by atoms with Crippen molar-refractivity contribution in [2.24, 2.45) is 5.92 Å². The lowest BCUT2D eigenvalue weighted by Crippen LogP contribution is -2.49. The van der Waals surface area contributed by atoms with E-state index in [4.69, 9.17) is 4.74 Å². The largest absolute Gasteiger partial charge is 0.373 e. The summed E-state index contributed by atoms with van der Waals surface area (Å²) in [6.45, 7) is 15.6. The van der Waals surface area contributed by atoms with E-state index in [0.29, 0.717) is 24.0 Å². The minimum atomic E-state index is 0.0447. The van der Waals surface area contributed by atoms with Gasteiger partial charge in [0.1, 0.15) is 0 Å². The number of piperidine rings is 1. The van der Waals surface area contributed by atoms with Gasteiger partial charge in [-0.15, -0.1) is 0 Å². The molecular formula is C23H37N3O2. The molecule has 2 unspecified atom stereocenters. The number of anilines is 1. The van der Waals surface area contributed by atoms with Crippen LogP contribution in [0.15, 0.2) is 18.2 Å². The van der Waals surface area contributed by atoms with Crippen LogP contribution in [0.3, 0.4) is 0 Å². The number of hydrogen-bond donors (Lipinski definition) is 1. The third-order valence-electron chi connectivity index (χ3n) is 6.07. The van der Waals surface area contributed by atoms with Gasteiger partial charge in [-0.1, -0.05) is 32.0 Å². The van der Waals surface area contributed by atoms with E-state index in [9.17, 15) is 4.79 Å². The Morgan fingerprint density at radius 3 is 2.43 bits per heavy atom. The molecule has 1 aromatic carbocycles. The molecule has 2 aliphatic rings. The Morgan fingerprint density at radius 2 is 1.82 bits per heavy atom. The first-order chi connectivity index (χ1) is 13.3. The molecule has 28 heavy (non-hydrogen) atoms. The molecule has 0 saturated carbocycles. The Bertz CT molecular complexity index is 658. The molecule has 1 aromatic rings. The van der Waals surface area contributed by atoms with Gasteiger partial charge in [-0.2, -0.15) is 0 Å². The number of amides is 2. The molecule has 2 aliphatic heterocycles. The number of para-hydroxylation sites is 1.